The van der Waals surface area contributed by atoms with E-state index in [4.69, 9.17) is 8.83 Å². The Balaban J connectivity index is 1.72. The third-order valence-corrected chi connectivity index (χ3v) is 4.92. The highest BCUT2D eigenvalue weighted by molar-refractivity contribution is 9.10. The largest absolute Gasteiger partial charge is 0.506 e. The summed E-state index contributed by atoms with van der Waals surface area (Å²) >= 11 is 3.34. The predicted molar refractivity (Wildman–Crippen MR) is 96.0 cm³/mol. The molecule has 0 spiro atoms. The van der Waals surface area contributed by atoms with E-state index in [-0.39, 0.29) is 11.5 Å². The molecule has 0 unspecified atom stereocenters. The smallest absolute Gasteiger partial charge is 0.307 e. The first kappa shape index (κ1) is 16.0. The minimum absolute atomic E-state index is 0.0673. The van der Waals surface area contributed by atoms with E-state index in [1.54, 1.807) is 18.2 Å². The first-order chi connectivity index (χ1) is 12.1. The van der Waals surface area contributed by atoms with Crippen molar-refractivity contribution in [1.82, 2.24) is 5.43 Å². The molecule has 2 aromatic heterocycles. The molecule has 0 atom stereocenters. The van der Waals surface area contributed by atoms with Gasteiger partial charge in [-0.1, -0.05) is 0 Å². The van der Waals surface area contributed by atoms with Crippen molar-refractivity contribution in [3.63, 3.8) is 0 Å². The van der Waals surface area contributed by atoms with Crippen molar-refractivity contribution in [3.8, 4) is 5.75 Å². The molecule has 2 N–H and O–H groups in total. The monoisotopic (exact) mass is 402 g/mol. The molecule has 1 aliphatic rings. The Kier molecular flexibility index (Phi) is 4.09. The van der Waals surface area contributed by atoms with Gasteiger partial charge in [0.2, 0.25) is 0 Å². The van der Waals surface area contributed by atoms with E-state index < -0.39 is 5.91 Å². The minimum atomic E-state index is -0.457. The number of fused-ring (bicyclic) bond motifs is 3. The Morgan fingerprint density at radius 1 is 1.36 bits per heavy atom. The second-order valence-electron chi connectivity index (χ2n) is 5.88. The fourth-order valence-electron chi connectivity index (χ4n) is 3.16. The third kappa shape index (κ3) is 2.84. The van der Waals surface area contributed by atoms with Crippen LogP contribution < -0.4 is 5.43 Å². The molecule has 6 nitrogen and oxygen atoms in total. The number of phenolic OH excluding ortho intramolecular Hbond substituents is 1. The maximum atomic E-state index is 11.9. The number of hydrogen-bond donors (Lipinski definition) is 2. The van der Waals surface area contributed by atoms with E-state index in [9.17, 15) is 9.90 Å². The number of aryl methyl sites for hydroxylation is 2. The fraction of sp³-hybridized carbons (Fsp3) is 0.222. The van der Waals surface area contributed by atoms with Gasteiger partial charge in [0, 0.05) is 22.9 Å². The van der Waals surface area contributed by atoms with E-state index in [1.165, 1.54) is 12.5 Å². The number of benzene rings is 1. The molecule has 0 fully saturated rings. The number of hydrazone groups is 1. The van der Waals surface area contributed by atoms with Gasteiger partial charge >= 0.3 is 5.91 Å². The number of carbonyl (C=O) groups is 1. The molecule has 1 aliphatic carbocycles. The lowest BCUT2D eigenvalue weighted by atomic mass is 9.94. The van der Waals surface area contributed by atoms with Gasteiger partial charge < -0.3 is 13.9 Å². The van der Waals surface area contributed by atoms with Crippen LogP contribution in [-0.2, 0) is 12.8 Å². The van der Waals surface area contributed by atoms with Crippen molar-refractivity contribution >= 4 is 39.0 Å². The highest BCUT2D eigenvalue weighted by Gasteiger charge is 2.22. The lowest BCUT2D eigenvalue weighted by Gasteiger charge is -2.10. The maximum absolute atomic E-state index is 11.9. The van der Waals surface area contributed by atoms with Gasteiger partial charge in [-0.15, -0.1) is 0 Å². The number of hydrogen-bond acceptors (Lipinski definition) is 5. The number of carbonyl (C=O) groups excluding carboxylic acids is 1. The van der Waals surface area contributed by atoms with Crippen LogP contribution in [0.5, 0.6) is 5.75 Å². The fourth-order valence-corrected chi connectivity index (χ4v) is 3.58. The molecule has 0 aliphatic heterocycles. The highest BCUT2D eigenvalue weighted by Crippen LogP contribution is 2.40. The highest BCUT2D eigenvalue weighted by atomic mass is 79.9. The van der Waals surface area contributed by atoms with Gasteiger partial charge in [-0.3, -0.25) is 4.79 Å². The van der Waals surface area contributed by atoms with Gasteiger partial charge in [0.1, 0.15) is 17.1 Å². The molecule has 0 saturated heterocycles. The molecule has 2 heterocycles. The molecule has 0 saturated carbocycles. The summed E-state index contributed by atoms with van der Waals surface area (Å²) in [6.07, 6.45) is 6.85. The van der Waals surface area contributed by atoms with Gasteiger partial charge in [-0.25, -0.2) is 5.43 Å². The first-order valence-electron chi connectivity index (χ1n) is 7.98. The summed E-state index contributed by atoms with van der Waals surface area (Å²) in [5.74, 6) is 0.744. The van der Waals surface area contributed by atoms with Gasteiger partial charge in [0.15, 0.2) is 5.76 Å². The van der Waals surface area contributed by atoms with E-state index >= 15 is 0 Å². The average Bonchev–Trinajstić information content (AvgIpc) is 3.25. The lowest BCUT2D eigenvalue weighted by Crippen LogP contribution is -2.16. The van der Waals surface area contributed by atoms with Crippen LogP contribution in [0.3, 0.4) is 0 Å². The van der Waals surface area contributed by atoms with Crippen molar-refractivity contribution in [3.05, 3.63) is 51.6 Å². The summed E-state index contributed by atoms with van der Waals surface area (Å²) in [6.45, 7) is 0. The Morgan fingerprint density at radius 2 is 2.20 bits per heavy atom. The zero-order valence-electron chi connectivity index (χ0n) is 13.2. The van der Waals surface area contributed by atoms with Crippen molar-refractivity contribution < 1.29 is 18.7 Å². The third-order valence-electron chi connectivity index (χ3n) is 4.31. The van der Waals surface area contributed by atoms with Crippen molar-refractivity contribution in [1.29, 1.82) is 0 Å². The molecule has 0 bridgehead atoms. The summed E-state index contributed by atoms with van der Waals surface area (Å²) in [6, 6.07) is 4.94. The SMILES string of the molecule is O=C(N/N=C/c1c(O)c(Br)cc2oc3c(c12)CCCC3)c1ccco1. The molecule has 1 aromatic carbocycles. The van der Waals surface area contributed by atoms with Gasteiger partial charge in [0.05, 0.1) is 17.0 Å². The number of furan rings is 2. The Bertz CT molecular complexity index is 973. The van der Waals surface area contributed by atoms with E-state index in [0.717, 1.165) is 42.4 Å². The van der Waals surface area contributed by atoms with Crippen LogP contribution in [0, 0.1) is 0 Å². The number of rotatable bonds is 3. The van der Waals surface area contributed by atoms with E-state index in [0.29, 0.717) is 15.6 Å². The molecular formula is C18H15BrN2O4. The minimum Gasteiger partial charge on any atom is -0.506 e. The van der Waals surface area contributed by atoms with Crippen LogP contribution in [0.1, 0.15) is 40.3 Å². The molecule has 128 valence electrons. The normalized spacial score (nSPS) is 14.1. The van der Waals surface area contributed by atoms with Crippen LogP contribution in [0.2, 0.25) is 0 Å². The Morgan fingerprint density at radius 3 is 3.00 bits per heavy atom. The van der Waals surface area contributed by atoms with Crippen molar-refractivity contribution in [2.24, 2.45) is 5.10 Å². The number of nitrogens with zero attached hydrogens (tertiary/aromatic N) is 1. The summed E-state index contributed by atoms with van der Waals surface area (Å²) in [5.41, 5.74) is 4.74. The summed E-state index contributed by atoms with van der Waals surface area (Å²) < 4.78 is 11.5. The molecule has 25 heavy (non-hydrogen) atoms. The molecule has 3 aromatic rings. The summed E-state index contributed by atoms with van der Waals surface area (Å²) in [7, 11) is 0. The quantitative estimate of drug-likeness (QED) is 0.508. The lowest BCUT2D eigenvalue weighted by molar-refractivity contribution is 0.0927. The molecular weight excluding hydrogens is 388 g/mol. The maximum Gasteiger partial charge on any atom is 0.307 e. The molecule has 4 rings (SSSR count). The second kappa shape index (κ2) is 6.40. The standard InChI is InChI=1S/C18H15BrN2O4/c19-12-8-15-16(10-4-1-2-5-13(10)25-15)11(17(12)22)9-20-21-18(23)14-6-3-7-24-14/h3,6-9,22H,1-2,4-5H2,(H,21,23)/b20-9+. The molecule has 0 radical (unpaired) electrons. The predicted octanol–water partition coefficient (Wildman–Crippen LogP) is 4.14. The average molecular weight is 403 g/mol. The number of halogens is 1. The van der Waals surface area contributed by atoms with Crippen molar-refractivity contribution in [2.75, 3.05) is 0 Å². The number of aromatic hydroxyl groups is 1. The van der Waals surface area contributed by atoms with Crippen LogP contribution in [0.15, 0.2) is 42.9 Å². The van der Waals surface area contributed by atoms with Crippen molar-refractivity contribution in [2.45, 2.75) is 25.7 Å². The van der Waals surface area contributed by atoms with E-state index in [2.05, 4.69) is 26.5 Å². The molecule has 7 heteroatoms. The van der Waals surface area contributed by atoms with Crippen LogP contribution in [0.4, 0.5) is 0 Å². The van der Waals surface area contributed by atoms with Crippen LogP contribution in [-0.4, -0.2) is 17.2 Å². The van der Waals surface area contributed by atoms with Crippen LogP contribution in [0.25, 0.3) is 11.0 Å². The van der Waals surface area contributed by atoms with Crippen LogP contribution >= 0.6 is 15.9 Å². The van der Waals surface area contributed by atoms with Gasteiger partial charge in [0.25, 0.3) is 0 Å². The zero-order chi connectivity index (χ0) is 17.4. The topological polar surface area (TPSA) is 88.0 Å². The number of amides is 1. The second-order valence-corrected chi connectivity index (χ2v) is 6.74. The number of nitrogens with one attached hydrogen (secondary N) is 1. The van der Waals surface area contributed by atoms with Gasteiger partial charge in [-0.05, 0) is 53.4 Å². The Hall–Kier alpha value is -2.54. The van der Waals surface area contributed by atoms with E-state index in [1.807, 2.05) is 0 Å². The summed E-state index contributed by atoms with van der Waals surface area (Å²) in [4.78, 5) is 11.9. The number of phenols is 1. The zero-order valence-corrected chi connectivity index (χ0v) is 14.8. The Labute approximate surface area is 151 Å². The first-order valence-corrected chi connectivity index (χ1v) is 8.77. The van der Waals surface area contributed by atoms with Gasteiger partial charge in [-0.2, -0.15) is 5.10 Å². The molecule has 1 amide bonds. The summed E-state index contributed by atoms with van der Waals surface area (Å²) in [5, 5.41) is 15.3.